The molecule has 5 heteroatoms. The highest BCUT2D eigenvalue weighted by atomic mass is 35.5. The van der Waals surface area contributed by atoms with Gasteiger partial charge in [0.2, 0.25) is 0 Å². The fourth-order valence-corrected chi connectivity index (χ4v) is 1.09. The molecule has 0 saturated heterocycles. The van der Waals surface area contributed by atoms with Crippen LogP contribution < -0.4 is 5.11 Å². The highest BCUT2D eigenvalue weighted by molar-refractivity contribution is 6.36. The lowest BCUT2D eigenvalue weighted by Gasteiger charge is -2.09. The van der Waals surface area contributed by atoms with Crippen molar-refractivity contribution in [2.24, 2.45) is 0 Å². The van der Waals surface area contributed by atoms with Crippen LogP contribution in [0.25, 0.3) is 0 Å². The van der Waals surface area contributed by atoms with Gasteiger partial charge in [-0.25, -0.2) is 4.79 Å². The van der Waals surface area contributed by atoms with Crippen LogP contribution in [0.2, 0.25) is 10.0 Å². The zero-order valence-electron chi connectivity index (χ0n) is 5.67. The van der Waals surface area contributed by atoms with Gasteiger partial charge in [-0.1, -0.05) is 29.0 Å². The number of hydrogen-bond donors (Lipinski definition) is 1. The predicted molar refractivity (Wildman–Crippen MR) is 42.9 cm³/mol. The van der Waals surface area contributed by atoms with E-state index in [0.29, 0.717) is 0 Å². The SMILES string of the molecule is O=C(O)c1cc(Cl)c([O-])cc1Cl. The lowest BCUT2D eigenvalue weighted by atomic mass is 10.2. The zero-order chi connectivity index (χ0) is 9.30. The molecule has 12 heavy (non-hydrogen) atoms. The number of rotatable bonds is 1. The second-order valence-corrected chi connectivity index (χ2v) is 2.88. The van der Waals surface area contributed by atoms with E-state index in [-0.39, 0.29) is 15.6 Å². The highest BCUT2D eigenvalue weighted by Crippen LogP contribution is 2.27. The van der Waals surface area contributed by atoms with Gasteiger partial charge in [0.1, 0.15) is 0 Å². The third-order valence-corrected chi connectivity index (χ3v) is 1.86. The summed E-state index contributed by atoms with van der Waals surface area (Å²) in [6.07, 6.45) is 0. The Balaban J connectivity index is 3.33. The average molecular weight is 206 g/mol. The number of benzene rings is 1. The molecular formula is C7H3Cl2O3-. The van der Waals surface area contributed by atoms with Gasteiger partial charge in [0.05, 0.1) is 10.6 Å². The van der Waals surface area contributed by atoms with Crippen molar-refractivity contribution in [2.75, 3.05) is 0 Å². The summed E-state index contributed by atoms with van der Waals surface area (Å²) in [5, 5.41) is 19.1. The van der Waals surface area contributed by atoms with Crippen LogP contribution in [0.3, 0.4) is 0 Å². The molecule has 3 nitrogen and oxygen atoms in total. The number of carboxylic acid groups (broad SMARTS) is 1. The zero-order valence-corrected chi connectivity index (χ0v) is 7.19. The summed E-state index contributed by atoms with van der Waals surface area (Å²) in [5.41, 5.74) is -0.165. The Labute approximate surface area is 78.2 Å². The molecule has 1 rings (SSSR count). The van der Waals surface area contributed by atoms with Crippen molar-refractivity contribution in [3.8, 4) is 5.75 Å². The van der Waals surface area contributed by atoms with Crippen LogP contribution in [-0.4, -0.2) is 11.1 Å². The van der Waals surface area contributed by atoms with Gasteiger partial charge >= 0.3 is 5.97 Å². The number of aromatic carboxylic acids is 1. The molecule has 64 valence electrons. The van der Waals surface area contributed by atoms with Crippen LogP contribution >= 0.6 is 23.2 Å². The molecule has 0 heterocycles. The molecule has 0 aliphatic heterocycles. The molecule has 1 aromatic rings. The van der Waals surface area contributed by atoms with E-state index in [9.17, 15) is 9.90 Å². The van der Waals surface area contributed by atoms with E-state index < -0.39 is 11.7 Å². The Kier molecular flexibility index (Phi) is 2.45. The minimum absolute atomic E-state index is 0.100. The Bertz CT molecular complexity index is 336. The molecule has 0 amide bonds. The van der Waals surface area contributed by atoms with Gasteiger partial charge in [0.25, 0.3) is 0 Å². The monoisotopic (exact) mass is 205 g/mol. The summed E-state index contributed by atoms with van der Waals surface area (Å²) in [7, 11) is 0. The summed E-state index contributed by atoms with van der Waals surface area (Å²) in [5.74, 6) is -1.69. The molecule has 0 bridgehead atoms. The van der Waals surface area contributed by atoms with Gasteiger partial charge in [-0.3, -0.25) is 0 Å². The largest absolute Gasteiger partial charge is 0.871 e. The molecule has 1 N–H and O–H groups in total. The van der Waals surface area contributed by atoms with Crippen LogP contribution in [0, 0.1) is 0 Å². The minimum atomic E-state index is -1.21. The first-order chi connectivity index (χ1) is 5.52. The van der Waals surface area contributed by atoms with Crippen LogP contribution in [0.5, 0.6) is 5.75 Å². The van der Waals surface area contributed by atoms with E-state index >= 15 is 0 Å². The van der Waals surface area contributed by atoms with Gasteiger partial charge in [-0.2, -0.15) is 0 Å². The molecule has 0 aliphatic rings. The summed E-state index contributed by atoms with van der Waals surface area (Å²) in [6, 6.07) is 2.02. The van der Waals surface area contributed by atoms with Crippen LogP contribution in [0.1, 0.15) is 10.4 Å². The first kappa shape index (κ1) is 9.16. The number of carboxylic acids is 1. The highest BCUT2D eigenvalue weighted by Gasteiger charge is 2.08. The second-order valence-electron chi connectivity index (χ2n) is 2.07. The van der Waals surface area contributed by atoms with Crippen LogP contribution in [-0.2, 0) is 0 Å². The maximum Gasteiger partial charge on any atom is 0.337 e. The van der Waals surface area contributed by atoms with Crippen molar-refractivity contribution in [3.05, 3.63) is 27.7 Å². The quantitative estimate of drug-likeness (QED) is 0.761. The first-order valence-corrected chi connectivity index (χ1v) is 3.67. The predicted octanol–water partition coefficient (Wildman–Crippen LogP) is 1.77. The van der Waals surface area contributed by atoms with Gasteiger partial charge in [-0.15, -0.1) is 0 Å². The number of hydrogen-bond acceptors (Lipinski definition) is 2. The van der Waals surface area contributed by atoms with Crippen molar-refractivity contribution in [1.29, 1.82) is 0 Å². The second kappa shape index (κ2) is 3.21. The molecule has 0 aliphatic carbocycles. The van der Waals surface area contributed by atoms with Crippen molar-refractivity contribution in [2.45, 2.75) is 0 Å². The summed E-state index contributed by atoms with van der Waals surface area (Å²) < 4.78 is 0. The van der Waals surface area contributed by atoms with E-state index in [0.717, 1.165) is 12.1 Å². The summed E-state index contributed by atoms with van der Waals surface area (Å²) in [4.78, 5) is 10.4. The Hall–Kier alpha value is -0.930. The normalized spacial score (nSPS) is 9.83. The minimum Gasteiger partial charge on any atom is -0.871 e. The van der Waals surface area contributed by atoms with Gasteiger partial charge in [0.15, 0.2) is 0 Å². The molecule has 0 unspecified atom stereocenters. The molecular weight excluding hydrogens is 203 g/mol. The van der Waals surface area contributed by atoms with Crippen molar-refractivity contribution in [3.63, 3.8) is 0 Å². The van der Waals surface area contributed by atoms with E-state index in [2.05, 4.69) is 0 Å². The molecule has 0 radical (unpaired) electrons. The van der Waals surface area contributed by atoms with E-state index in [1.807, 2.05) is 0 Å². The lowest BCUT2D eigenvalue weighted by molar-refractivity contribution is -0.268. The molecule has 0 spiro atoms. The molecule has 0 fully saturated rings. The van der Waals surface area contributed by atoms with Crippen molar-refractivity contribution < 1.29 is 15.0 Å². The summed E-state index contributed by atoms with van der Waals surface area (Å²) in [6.45, 7) is 0. The van der Waals surface area contributed by atoms with Gasteiger partial charge in [0, 0.05) is 5.02 Å². The first-order valence-electron chi connectivity index (χ1n) is 2.91. The van der Waals surface area contributed by atoms with Gasteiger partial charge in [-0.05, 0) is 12.1 Å². The molecule has 0 saturated carbocycles. The van der Waals surface area contributed by atoms with Crippen LogP contribution in [0.15, 0.2) is 12.1 Å². The maximum absolute atomic E-state index is 10.8. The Morgan fingerprint density at radius 3 is 2.42 bits per heavy atom. The van der Waals surface area contributed by atoms with Crippen LogP contribution in [0.4, 0.5) is 0 Å². The smallest absolute Gasteiger partial charge is 0.337 e. The van der Waals surface area contributed by atoms with E-state index in [4.69, 9.17) is 28.3 Å². The van der Waals surface area contributed by atoms with E-state index in [1.165, 1.54) is 0 Å². The van der Waals surface area contributed by atoms with E-state index in [1.54, 1.807) is 0 Å². The molecule has 0 aromatic heterocycles. The third kappa shape index (κ3) is 1.62. The fourth-order valence-electron chi connectivity index (χ4n) is 0.692. The number of halogens is 2. The average Bonchev–Trinajstić information content (AvgIpc) is 1.96. The standard InChI is InChI=1S/C7H4Cl2O3/c8-4-2-6(10)5(9)1-3(4)7(11)12/h1-2,10H,(H,11,12)/p-1. The van der Waals surface area contributed by atoms with Crippen molar-refractivity contribution >= 4 is 29.2 Å². The molecule has 0 atom stereocenters. The third-order valence-electron chi connectivity index (χ3n) is 1.25. The Morgan fingerprint density at radius 1 is 1.33 bits per heavy atom. The fraction of sp³-hybridized carbons (Fsp3) is 0. The maximum atomic E-state index is 10.8. The van der Waals surface area contributed by atoms with Gasteiger partial charge < -0.3 is 10.2 Å². The lowest BCUT2D eigenvalue weighted by Crippen LogP contribution is -1.99. The topological polar surface area (TPSA) is 60.4 Å². The molecule has 1 aromatic carbocycles. The van der Waals surface area contributed by atoms with Crippen molar-refractivity contribution in [1.82, 2.24) is 0 Å². The Morgan fingerprint density at radius 2 is 1.92 bits per heavy atom. The number of carbonyl (C=O) groups is 1. The summed E-state index contributed by atoms with van der Waals surface area (Å²) >= 11 is 10.9.